The molecule has 0 spiro atoms. The molecule has 8 heteroatoms. The summed E-state index contributed by atoms with van der Waals surface area (Å²) in [6.07, 6.45) is -0.587. The maximum atomic E-state index is 13.0. The number of carbonyl (C=O) groups is 4. The minimum atomic E-state index is -1.07. The molecule has 1 heterocycles. The van der Waals surface area contributed by atoms with Crippen LogP contribution in [-0.2, 0) is 16.0 Å². The van der Waals surface area contributed by atoms with Gasteiger partial charge in [-0.1, -0.05) is 24.3 Å². The predicted molar refractivity (Wildman–Crippen MR) is 138 cm³/mol. The molecule has 190 valence electrons. The van der Waals surface area contributed by atoms with Gasteiger partial charge >= 0.3 is 5.97 Å². The lowest BCUT2D eigenvalue weighted by Gasteiger charge is -2.15. The fourth-order valence-electron chi connectivity index (χ4n) is 4.04. The number of nitrogens with one attached hydrogen (secondary N) is 1. The first-order chi connectivity index (χ1) is 17.7. The van der Waals surface area contributed by atoms with E-state index in [1.807, 2.05) is 56.3 Å². The number of rotatable bonds is 8. The fourth-order valence-corrected chi connectivity index (χ4v) is 4.04. The Bertz CT molecular complexity index is 1380. The highest BCUT2D eigenvalue weighted by Gasteiger charge is 2.36. The number of fused-ring (bicyclic) bond motifs is 1. The topological polar surface area (TPSA) is 102 Å². The van der Waals surface area contributed by atoms with Crippen molar-refractivity contribution in [2.24, 2.45) is 0 Å². The van der Waals surface area contributed by atoms with Crippen molar-refractivity contribution in [2.45, 2.75) is 33.3 Å². The molecule has 1 unspecified atom stereocenters. The zero-order valence-electron chi connectivity index (χ0n) is 21.2. The molecule has 0 saturated heterocycles. The molecular formula is C29H28N2O6. The maximum Gasteiger partial charge on any atom is 0.338 e. The van der Waals surface area contributed by atoms with E-state index in [2.05, 4.69) is 5.32 Å². The van der Waals surface area contributed by atoms with Crippen LogP contribution in [-0.4, -0.2) is 48.3 Å². The standard InChI is InChI=1S/C29H28N2O6/c1-17-5-6-18(2)25(15-17)30-26(32)19(3)37-29(35)21-9-12-23-24(16-21)28(34)31(27(23)33)14-13-20-7-10-22(36-4)11-8-20/h5-12,15-16,19H,13-14H2,1-4H3,(H,30,32). The largest absolute Gasteiger partial charge is 0.497 e. The summed E-state index contributed by atoms with van der Waals surface area (Å²) in [5.74, 6) is -1.39. The zero-order chi connectivity index (χ0) is 26.7. The van der Waals surface area contributed by atoms with Crippen LogP contribution >= 0.6 is 0 Å². The van der Waals surface area contributed by atoms with Crippen molar-refractivity contribution in [3.8, 4) is 5.75 Å². The predicted octanol–water partition coefficient (Wildman–Crippen LogP) is 4.33. The summed E-state index contributed by atoms with van der Waals surface area (Å²) >= 11 is 0. The Balaban J connectivity index is 1.40. The highest BCUT2D eigenvalue weighted by molar-refractivity contribution is 6.22. The van der Waals surface area contributed by atoms with E-state index < -0.39 is 29.8 Å². The van der Waals surface area contributed by atoms with E-state index in [4.69, 9.17) is 9.47 Å². The van der Waals surface area contributed by atoms with Gasteiger partial charge in [-0.3, -0.25) is 19.3 Å². The van der Waals surface area contributed by atoms with E-state index in [-0.39, 0.29) is 23.2 Å². The summed E-state index contributed by atoms with van der Waals surface area (Å²) < 4.78 is 10.5. The van der Waals surface area contributed by atoms with Crippen LogP contribution in [0.3, 0.4) is 0 Å². The van der Waals surface area contributed by atoms with Gasteiger partial charge in [-0.05, 0) is 80.3 Å². The van der Waals surface area contributed by atoms with Gasteiger partial charge in [0.25, 0.3) is 17.7 Å². The number of carbonyl (C=O) groups excluding carboxylic acids is 4. The zero-order valence-corrected chi connectivity index (χ0v) is 21.2. The second-order valence-electron chi connectivity index (χ2n) is 8.98. The summed E-state index contributed by atoms with van der Waals surface area (Å²) in [6, 6.07) is 17.3. The van der Waals surface area contributed by atoms with Crippen molar-refractivity contribution in [1.82, 2.24) is 4.90 Å². The molecular weight excluding hydrogens is 472 g/mol. The van der Waals surface area contributed by atoms with Crippen molar-refractivity contribution >= 4 is 29.4 Å². The van der Waals surface area contributed by atoms with Crippen molar-refractivity contribution in [2.75, 3.05) is 19.0 Å². The number of anilines is 1. The van der Waals surface area contributed by atoms with Crippen LogP contribution in [0, 0.1) is 13.8 Å². The molecule has 1 aliphatic rings. The third-order valence-electron chi connectivity index (χ3n) is 6.29. The highest BCUT2D eigenvalue weighted by atomic mass is 16.5. The van der Waals surface area contributed by atoms with Crippen molar-refractivity contribution in [3.63, 3.8) is 0 Å². The lowest BCUT2D eigenvalue weighted by atomic mass is 10.1. The molecule has 0 radical (unpaired) electrons. The van der Waals surface area contributed by atoms with Crippen LogP contribution in [0.4, 0.5) is 5.69 Å². The van der Waals surface area contributed by atoms with Gasteiger partial charge in [0.15, 0.2) is 6.10 Å². The molecule has 3 aromatic carbocycles. The molecule has 1 atom stereocenters. The van der Waals surface area contributed by atoms with Gasteiger partial charge in [0, 0.05) is 12.2 Å². The van der Waals surface area contributed by atoms with Crippen LogP contribution in [0.5, 0.6) is 5.75 Å². The second-order valence-corrected chi connectivity index (χ2v) is 8.98. The Morgan fingerprint density at radius 2 is 1.62 bits per heavy atom. The minimum Gasteiger partial charge on any atom is -0.497 e. The summed E-state index contributed by atoms with van der Waals surface area (Å²) in [5, 5.41) is 2.77. The minimum absolute atomic E-state index is 0.0864. The number of benzene rings is 3. The number of imide groups is 1. The number of hydrogen-bond acceptors (Lipinski definition) is 6. The average Bonchev–Trinajstić information content (AvgIpc) is 3.13. The monoisotopic (exact) mass is 500 g/mol. The lowest BCUT2D eigenvalue weighted by molar-refractivity contribution is -0.123. The van der Waals surface area contributed by atoms with Crippen LogP contribution in [0.15, 0.2) is 60.7 Å². The van der Waals surface area contributed by atoms with Crippen LogP contribution in [0.25, 0.3) is 0 Å². The smallest absolute Gasteiger partial charge is 0.338 e. The van der Waals surface area contributed by atoms with Crippen LogP contribution < -0.4 is 10.1 Å². The molecule has 0 fully saturated rings. The Morgan fingerprint density at radius 1 is 0.919 bits per heavy atom. The quantitative estimate of drug-likeness (QED) is 0.365. The summed E-state index contributed by atoms with van der Waals surface area (Å²) in [7, 11) is 1.58. The fraction of sp³-hybridized carbons (Fsp3) is 0.241. The molecule has 0 saturated carbocycles. The number of nitrogens with zero attached hydrogens (tertiary/aromatic N) is 1. The van der Waals surface area contributed by atoms with E-state index >= 15 is 0 Å². The first-order valence-electron chi connectivity index (χ1n) is 11.9. The average molecular weight is 501 g/mol. The molecule has 1 aliphatic heterocycles. The van der Waals surface area contributed by atoms with Gasteiger partial charge in [-0.2, -0.15) is 0 Å². The van der Waals surface area contributed by atoms with Gasteiger partial charge in [0.05, 0.1) is 23.8 Å². The molecule has 0 bridgehead atoms. The van der Waals surface area contributed by atoms with E-state index in [0.717, 1.165) is 22.4 Å². The Labute approximate surface area is 215 Å². The summed E-state index contributed by atoms with van der Waals surface area (Å²) in [6.45, 7) is 5.46. The molecule has 0 aromatic heterocycles. The van der Waals surface area contributed by atoms with Crippen LogP contribution in [0.2, 0.25) is 0 Å². The molecule has 0 aliphatic carbocycles. The number of aryl methyl sites for hydroxylation is 2. The van der Waals surface area contributed by atoms with Crippen molar-refractivity contribution in [3.05, 3.63) is 94.0 Å². The normalized spacial score (nSPS) is 13.2. The molecule has 37 heavy (non-hydrogen) atoms. The van der Waals surface area contributed by atoms with Gasteiger partial charge in [0.1, 0.15) is 5.75 Å². The Kier molecular flexibility index (Phi) is 7.38. The van der Waals surface area contributed by atoms with Crippen molar-refractivity contribution in [1.29, 1.82) is 0 Å². The number of ether oxygens (including phenoxy) is 2. The number of hydrogen-bond donors (Lipinski definition) is 1. The van der Waals surface area contributed by atoms with E-state index in [0.29, 0.717) is 12.1 Å². The highest BCUT2D eigenvalue weighted by Crippen LogP contribution is 2.25. The Hall–Kier alpha value is -4.46. The van der Waals surface area contributed by atoms with Gasteiger partial charge < -0.3 is 14.8 Å². The number of esters is 1. The third kappa shape index (κ3) is 5.53. The summed E-state index contributed by atoms with van der Waals surface area (Å²) in [5.41, 5.74) is 3.93. The van der Waals surface area contributed by atoms with E-state index in [1.165, 1.54) is 30.0 Å². The van der Waals surface area contributed by atoms with Crippen LogP contribution in [0.1, 0.15) is 54.7 Å². The first-order valence-corrected chi connectivity index (χ1v) is 11.9. The number of amides is 3. The second kappa shape index (κ2) is 10.7. The Morgan fingerprint density at radius 3 is 2.32 bits per heavy atom. The third-order valence-corrected chi connectivity index (χ3v) is 6.29. The lowest BCUT2D eigenvalue weighted by Crippen LogP contribution is -2.31. The van der Waals surface area contributed by atoms with Crippen molar-refractivity contribution < 1.29 is 28.7 Å². The van der Waals surface area contributed by atoms with Gasteiger partial charge in [-0.25, -0.2) is 4.79 Å². The molecule has 4 rings (SSSR count). The van der Waals surface area contributed by atoms with E-state index in [9.17, 15) is 19.2 Å². The SMILES string of the molecule is COc1ccc(CCN2C(=O)c3ccc(C(=O)OC(C)C(=O)Nc4cc(C)ccc4C)cc3C2=O)cc1. The molecule has 8 nitrogen and oxygen atoms in total. The summed E-state index contributed by atoms with van der Waals surface area (Å²) in [4.78, 5) is 52.3. The molecule has 3 aromatic rings. The van der Waals surface area contributed by atoms with E-state index in [1.54, 1.807) is 7.11 Å². The van der Waals surface area contributed by atoms with Gasteiger partial charge in [0.2, 0.25) is 0 Å². The molecule has 1 N–H and O–H groups in total. The number of methoxy groups -OCH3 is 1. The first kappa shape index (κ1) is 25.6. The van der Waals surface area contributed by atoms with Gasteiger partial charge in [-0.15, -0.1) is 0 Å². The maximum absolute atomic E-state index is 13.0. The molecule has 3 amide bonds.